The highest BCUT2D eigenvalue weighted by Crippen LogP contribution is 2.26. The molecule has 5 nitrogen and oxygen atoms in total. The zero-order valence-corrected chi connectivity index (χ0v) is 19.8. The van der Waals surface area contributed by atoms with Crippen molar-refractivity contribution in [2.45, 2.75) is 12.8 Å². The minimum absolute atomic E-state index is 0.0357. The topological polar surface area (TPSA) is 82.2 Å². The molecule has 0 saturated carbocycles. The van der Waals surface area contributed by atoms with E-state index in [1.54, 1.807) is 0 Å². The first-order valence-electron chi connectivity index (χ1n) is 10.9. The molecule has 3 N–H and O–H groups in total. The van der Waals surface area contributed by atoms with Crippen LogP contribution in [0.15, 0.2) is 83.7 Å². The molecule has 0 aliphatic heterocycles. The number of carbonyl (C=O) groups excluding carboxylic acids is 1. The van der Waals surface area contributed by atoms with Gasteiger partial charge in [-0.1, -0.05) is 78.1 Å². The Balaban J connectivity index is 1.20. The van der Waals surface area contributed by atoms with Crippen molar-refractivity contribution in [3.05, 3.63) is 109 Å². The molecule has 0 aliphatic rings. The lowest BCUT2D eigenvalue weighted by molar-refractivity contribution is 0.0958. The van der Waals surface area contributed by atoms with Crippen molar-refractivity contribution in [1.29, 1.82) is 0 Å². The van der Waals surface area contributed by atoms with Crippen LogP contribution in [0.5, 0.6) is 5.88 Å². The SMILES string of the molecule is O=C(NCCc1cccc(-c2ccc(Cc3sc(=O)[nH]c3O)cc2)c1)c1cc2ccccc2s1. The van der Waals surface area contributed by atoms with E-state index >= 15 is 0 Å². The predicted octanol–water partition coefficient (Wildman–Crippen LogP) is 5.59. The summed E-state index contributed by atoms with van der Waals surface area (Å²) in [5.74, 6) is -0.0855. The van der Waals surface area contributed by atoms with Gasteiger partial charge in [0, 0.05) is 17.7 Å². The molecule has 3 aromatic carbocycles. The number of hydrogen-bond donors (Lipinski definition) is 3. The molecule has 0 spiro atoms. The van der Waals surface area contributed by atoms with E-state index in [0.29, 0.717) is 17.8 Å². The van der Waals surface area contributed by atoms with Gasteiger partial charge in [-0.2, -0.15) is 0 Å². The highest BCUT2D eigenvalue weighted by molar-refractivity contribution is 7.20. The molecular formula is C27H22N2O3S2. The lowest BCUT2D eigenvalue weighted by Gasteiger charge is -2.08. The molecule has 34 heavy (non-hydrogen) atoms. The van der Waals surface area contributed by atoms with E-state index < -0.39 is 0 Å². The predicted molar refractivity (Wildman–Crippen MR) is 139 cm³/mol. The molecule has 0 bridgehead atoms. The van der Waals surface area contributed by atoms with E-state index in [0.717, 1.165) is 55.0 Å². The molecule has 2 aromatic heterocycles. The van der Waals surface area contributed by atoms with Crippen LogP contribution in [-0.4, -0.2) is 22.5 Å². The number of aromatic nitrogens is 1. The van der Waals surface area contributed by atoms with Gasteiger partial charge in [0.1, 0.15) is 0 Å². The quantitative estimate of drug-likeness (QED) is 0.281. The van der Waals surface area contributed by atoms with Crippen LogP contribution in [0.1, 0.15) is 25.7 Å². The Labute approximate surface area is 204 Å². The minimum Gasteiger partial charge on any atom is -0.494 e. The number of aromatic amines is 1. The lowest BCUT2D eigenvalue weighted by atomic mass is 10.00. The molecule has 0 atom stereocenters. The lowest BCUT2D eigenvalue weighted by Crippen LogP contribution is -2.24. The molecule has 7 heteroatoms. The van der Waals surface area contributed by atoms with Crippen molar-refractivity contribution < 1.29 is 9.90 Å². The second-order valence-corrected chi connectivity index (χ2v) is 10.2. The molecule has 5 rings (SSSR count). The van der Waals surface area contributed by atoms with Crippen LogP contribution in [0.2, 0.25) is 0 Å². The summed E-state index contributed by atoms with van der Waals surface area (Å²) in [6, 6.07) is 26.4. The van der Waals surface area contributed by atoms with Gasteiger partial charge >= 0.3 is 4.87 Å². The van der Waals surface area contributed by atoms with E-state index in [4.69, 9.17) is 0 Å². The molecule has 2 heterocycles. The van der Waals surface area contributed by atoms with E-state index in [9.17, 15) is 14.7 Å². The molecule has 0 radical (unpaired) electrons. The smallest absolute Gasteiger partial charge is 0.307 e. The van der Waals surface area contributed by atoms with E-state index in [-0.39, 0.29) is 16.7 Å². The van der Waals surface area contributed by atoms with Crippen molar-refractivity contribution in [3.8, 4) is 17.0 Å². The number of nitrogens with one attached hydrogen (secondary N) is 2. The first kappa shape index (κ1) is 22.1. The van der Waals surface area contributed by atoms with Crippen LogP contribution in [0.4, 0.5) is 0 Å². The van der Waals surface area contributed by atoms with Crippen LogP contribution < -0.4 is 10.2 Å². The monoisotopic (exact) mass is 486 g/mol. The van der Waals surface area contributed by atoms with Gasteiger partial charge in [-0.25, -0.2) is 0 Å². The number of aromatic hydroxyl groups is 1. The van der Waals surface area contributed by atoms with Gasteiger partial charge in [0.05, 0.1) is 9.75 Å². The van der Waals surface area contributed by atoms with Crippen LogP contribution in [0.25, 0.3) is 21.2 Å². The van der Waals surface area contributed by atoms with Crippen molar-refractivity contribution in [2.24, 2.45) is 0 Å². The Morgan fingerprint density at radius 2 is 1.71 bits per heavy atom. The first-order chi connectivity index (χ1) is 16.5. The van der Waals surface area contributed by atoms with Gasteiger partial charge in [0.25, 0.3) is 5.91 Å². The molecule has 5 aromatic rings. The third-order valence-corrected chi connectivity index (χ3v) is 7.61. The molecule has 0 saturated heterocycles. The van der Waals surface area contributed by atoms with Crippen molar-refractivity contribution in [2.75, 3.05) is 6.54 Å². The van der Waals surface area contributed by atoms with Gasteiger partial charge in [0.2, 0.25) is 5.88 Å². The first-order valence-corrected chi connectivity index (χ1v) is 12.5. The van der Waals surface area contributed by atoms with Gasteiger partial charge in [-0.3, -0.25) is 14.6 Å². The van der Waals surface area contributed by atoms with Crippen LogP contribution in [-0.2, 0) is 12.8 Å². The minimum atomic E-state index is -0.249. The molecule has 0 aliphatic carbocycles. The standard InChI is InChI=1S/C27H22N2O3S2/c30-25(24-16-21-5-1-2-7-22(21)33-24)28-13-12-17-4-3-6-20(14-17)19-10-8-18(9-11-19)15-23-26(31)29-27(32)34-23/h1-11,14,16,31H,12-13,15H2,(H,28,30)(H,29,32). The largest absolute Gasteiger partial charge is 0.494 e. The van der Waals surface area contributed by atoms with Crippen LogP contribution >= 0.6 is 22.7 Å². The molecule has 0 fully saturated rings. The number of thiophene rings is 1. The second kappa shape index (κ2) is 9.67. The van der Waals surface area contributed by atoms with Crippen LogP contribution in [0, 0.1) is 0 Å². The Bertz CT molecular complexity index is 1480. The summed E-state index contributed by atoms with van der Waals surface area (Å²) in [5, 5.41) is 13.9. The zero-order chi connectivity index (χ0) is 23.5. The average molecular weight is 487 g/mol. The van der Waals surface area contributed by atoms with Crippen molar-refractivity contribution >= 4 is 38.7 Å². The summed E-state index contributed by atoms with van der Waals surface area (Å²) in [6.45, 7) is 0.568. The average Bonchev–Trinajstić information content (AvgIpc) is 3.42. The molecule has 1 amide bonds. The van der Waals surface area contributed by atoms with Crippen LogP contribution in [0.3, 0.4) is 0 Å². The highest BCUT2D eigenvalue weighted by atomic mass is 32.1. The second-order valence-electron chi connectivity index (χ2n) is 8.01. The van der Waals surface area contributed by atoms with Gasteiger partial charge in [0.15, 0.2) is 0 Å². The Morgan fingerprint density at radius 1 is 0.882 bits per heavy atom. The summed E-state index contributed by atoms with van der Waals surface area (Å²) < 4.78 is 1.12. The summed E-state index contributed by atoms with van der Waals surface area (Å²) in [6.07, 6.45) is 1.25. The Kier molecular flexibility index (Phi) is 6.29. The number of carbonyl (C=O) groups is 1. The molecule has 0 unspecified atom stereocenters. The number of rotatable bonds is 7. The Morgan fingerprint density at radius 3 is 2.47 bits per heavy atom. The fraction of sp³-hybridized carbons (Fsp3) is 0.111. The maximum absolute atomic E-state index is 12.5. The van der Waals surface area contributed by atoms with E-state index in [1.165, 1.54) is 11.3 Å². The summed E-state index contributed by atoms with van der Waals surface area (Å²) in [5.41, 5.74) is 4.37. The summed E-state index contributed by atoms with van der Waals surface area (Å²) in [4.78, 5) is 27.4. The number of amides is 1. The number of fused-ring (bicyclic) bond motifs is 1. The third kappa shape index (κ3) is 4.95. The number of benzene rings is 3. The summed E-state index contributed by atoms with van der Waals surface area (Å²) in [7, 11) is 0. The van der Waals surface area contributed by atoms with Gasteiger partial charge < -0.3 is 10.4 Å². The number of hydrogen-bond acceptors (Lipinski definition) is 5. The fourth-order valence-corrected chi connectivity index (χ4v) is 5.62. The number of thiazole rings is 1. The van der Waals surface area contributed by atoms with Crippen molar-refractivity contribution in [1.82, 2.24) is 10.3 Å². The van der Waals surface area contributed by atoms with Gasteiger partial charge in [-0.15, -0.1) is 11.3 Å². The number of H-pyrrole nitrogens is 1. The zero-order valence-electron chi connectivity index (χ0n) is 18.2. The maximum Gasteiger partial charge on any atom is 0.307 e. The fourth-order valence-electron chi connectivity index (χ4n) is 3.88. The Hall–Kier alpha value is -3.68. The highest BCUT2D eigenvalue weighted by Gasteiger charge is 2.10. The normalized spacial score (nSPS) is 11.1. The third-order valence-electron chi connectivity index (χ3n) is 5.63. The van der Waals surface area contributed by atoms with E-state index in [2.05, 4.69) is 28.5 Å². The van der Waals surface area contributed by atoms with E-state index in [1.807, 2.05) is 60.7 Å². The maximum atomic E-state index is 12.5. The van der Waals surface area contributed by atoms with Gasteiger partial charge in [-0.05, 0) is 46.2 Å². The molecular weight excluding hydrogens is 464 g/mol. The van der Waals surface area contributed by atoms with Crippen molar-refractivity contribution in [3.63, 3.8) is 0 Å². The summed E-state index contributed by atoms with van der Waals surface area (Å²) >= 11 is 2.54. The molecule has 170 valence electrons.